The predicted molar refractivity (Wildman–Crippen MR) is 46.7 cm³/mol. The van der Waals surface area contributed by atoms with Crippen LogP contribution in [0.4, 0.5) is 0 Å². The molecule has 3 nitrogen and oxygen atoms in total. The van der Waals surface area contributed by atoms with Crippen LogP contribution < -0.4 is 0 Å². The Labute approximate surface area is 72.4 Å². The molecule has 1 aliphatic rings. The summed E-state index contributed by atoms with van der Waals surface area (Å²) in [6.07, 6.45) is 2.84. The van der Waals surface area contributed by atoms with E-state index < -0.39 is 9.84 Å². The van der Waals surface area contributed by atoms with Gasteiger partial charge in [-0.15, -0.1) is 0 Å². The number of hydrogen-bond donors (Lipinski definition) is 0. The third kappa shape index (κ3) is 2.77. The second kappa shape index (κ2) is 3.39. The Kier molecular flexibility index (Phi) is 2.67. The fourth-order valence-electron chi connectivity index (χ4n) is 1.35. The molecule has 0 aromatic carbocycles. The highest BCUT2D eigenvalue weighted by Crippen LogP contribution is 2.16. The highest BCUT2D eigenvalue weighted by molar-refractivity contribution is 7.91. The van der Waals surface area contributed by atoms with Crippen molar-refractivity contribution in [3.8, 4) is 0 Å². The number of sulfone groups is 1. The molecule has 0 spiro atoms. The molecule has 0 atom stereocenters. The largest absolute Gasteiger partial charge is 0.295 e. The predicted octanol–water partition coefficient (Wildman–Crippen LogP) is 0.710. The SMILES string of the molecule is CC(=O)/C=C1/CCCS(=O)(=O)C1. The first-order chi connectivity index (χ1) is 5.49. The van der Waals surface area contributed by atoms with E-state index in [2.05, 4.69) is 0 Å². The number of hydrogen-bond acceptors (Lipinski definition) is 3. The highest BCUT2D eigenvalue weighted by Gasteiger charge is 2.19. The molecule has 0 bridgehead atoms. The second-order valence-electron chi connectivity index (χ2n) is 3.11. The van der Waals surface area contributed by atoms with Crippen LogP contribution in [0.1, 0.15) is 19.8 Å². The third-order valence-electron chi connectivity index (χ3n) is 1.77. The first-order valence-electron chi connectivity index (χ1n) is 3.90. The van der Waals surface area contributed by atoms with Crippen LogP contribution in [-0.4, -0.2) is 25.7 Å². The lowest BCUT2D eigenvalue weighted by Crippen LogP contribution is -2.19. The molecule has 1 aliphatic heterocycles. The molecule has 0 aromatic rings. The Bertz CT molecular complexity index is 311. The van der Waals surface area contributed by atoms with Gasteiger partial charge in [-0.3, -0.25) is 4.79 Å². The Morgan fingerprint density at radius 3 is 2.67 bits per heavy atom. The van der Waals surface area contributed by atoms with Gasteiger partial charge in [0.1, 0.15) is 0 Å². The second-order valence-corrected chi connectivity index (χ2v) is 5.29. The molecule has 1 saturated heterocycles. The van der Waals surface area contributed by atoms with Crippen molar-refractivity contribution in [2.24, 2.45) is 0 Å². The summed E-state index contributed by atoms with van der Waals surface area (Å²) in [6, 6.07) is 0. The number of allylic oxidation sites excluding steroid dienone is 1. The Balaban J connectivity index is 2.77. The van der Waals surface area contributed by atoms with Crippen molar-refractivity contribution in [2.45, 2.75) is 19.8 Å². The van der Waals surface area contributed by atoms with Gasteiger partial charge in [0.2, 0.25) is 0 Å². The van der Waals surface area contributed by atoms with Gasteiger partial charge in [-0.1, -0.05) is 5.57 Å². The summed E-state index contributed by atoms with van der Waals surface area (Å²) < 4.78 is 22.2. The molecule has 0 aliphatic carbocycles. The van der Waals surface area contributed by atoms with E-state index in [1.807, 2.05) is 0 Å². The minimum atomic E-state index is -2.90. The van der Waals surface area contributed by atoms with E-state index in [0.717, 1.165) is 12.0 Å². The van der Waals surface area contributed by atoms with E-state index in [4.69, 9.17) is 0 Å². The van der Waals surface area contributed by atoms with E-state index in [-0.39, 0.29) is 17.3 Å². The van der Waals surface area contributed by atoms with Gasteiger partial charge in [0.25, 0.3) is 0 Å². The first kappa shape index (κ1) is 9.45. The van der Waals surface area contributed by atoms with Crippen molar-refractivity contribution < 1.29 is 13.2 Å². The van der Waals surface area contributed by atoms with E-state index >= 15 is 0 Å². The van der Waals surface area contributed by atoms with Crippen LogP contribution in [0.3, 0.4) is 0 Å². The van der Waals surface area contributed by atoms with Crippen LogP contribution >= 0.6 is 0 Å². The maximum Gasteiger partial charge on any atom is 0.154 e. The molecule has 0 aromatic heterocycles. The summed E-state index contributed by atoms with van der Waals surface area (Å²) >= 11 is 0. The Morgan fingerprint density at radius 1 is 1.50 bits per heavy atom. The first-order valence-corrected chi connectivity index (χ1v) is 5.72. The molecule has 12 heavy (non-hydrogen) atoms. The average molecular weight is 188 g/mol. The molecule has 0 N–H and O–H groups in total. The summed E-state index contributed by atoms with van der Waals surface area (Å²) in [5.41, 5.74) is 0.758. The minimum absolute atomic E-state index is 0.0675. The smallest absolute Gasteiger partial charge is 0.154 e. The zero-order valence-electron chi connectivity index (χ0n) is 7.04. The number of carbonyl (C=O) groups is 1. The quantitative estimate of drug-likeness (QED) is 0.569. The Hall–Kier alpha value is -0.640. The van der Waals surface area contributed by atoms with E-state index in [1.54, 1.807) is 0 Å². The minimum Gasteiger partial charge on any atom is -0.295 e. The fraction of sp³-hybridized carbons (Fsp3) is 0.625. The third-order valence-corrected chi connectivity index (χ3v) is 3.49. The standard InChI is InChI=1S/C8H12O3S/c1-7(9)5-8-3-2-4-12(10,11)6-8/h5H,2-4,6H2,1H3/b8-5-. The molecule has 0 amide bonds. The van der Waals surface area contributed by atoms with Crippen LogP contribution in [-0.2, 0) is 14.6 Å². The number of ketones is 1. The van der Waals surface area contributed by atoms with E-state index in [0.29, 0.717) is 6.42 Å². The van der Waals surface area contributed by atoms with Gasteiger partial charge in [-0.2, -0.15) is 0 Å². The van der Waals surface area contributed by atoms with Crippen LogP contribution in [0.2, 0.25) is 0 Å². The summed E-state index contributed by atoms with van der Waals surface area (Å²) in [5.74, 6) is 0.275. The normalized spacial score (nSPS) is 25.6. The molecular weight excluding hydrogens is 176 g/mol. The molecule has 1 heterocycles. The molecule has 68 valence electrons. The van der Waals surface area contributed by atoms with Crippen LogP contribution in [0.15, 0.2) is 11.6 Å². The molecule has 0 saturated carbocycles. The van der Waals surface area contributed by atoms with Gasteiger partial charge >= 0.3 is 0 Å². The Morgan fingerprint density at radius 2 is 2.17 bits per heavy atom. The van der Waals surface area contributed by atoms with Crippen molar-refractivity contribution in [1.82, 2.24) is 0 Å². The summed E-state index contributed by atoms with van der Waals surface area (Å²) in [5, 5.41) is 0. The molecular formula is C8H12O3S. The maximum absolute atomic E-state index is 11.1. The summed E-state index contributed by atoms with van der Waals surface area (Å²) in [7, 11) is -2.90. The van der Waals surface area contributed by atoms with Crippen molar-refractivity contribution >= 4 is 15.6 Å². The zero-order chi connectivity index (χ0) is 9.19. The lowest BCUT2D eigenvalue weighted by atomic mass is 10.1. The van der Waals surface area contributed by atoms with Crippen molar-refractivity contribution in [3.63, 3.8) is 0 Å². The van der Waals surface area contributed by atoms with Gasteiger partial charge in [0, 0.05) is 0 Å². The van der Waals surface area contributed by atoms with Gasteiger partial charge in [-0.05, 0) is 25.8 Å². The number of carbonyl (C=O) groups excluding carboxylic acids is 1. The molecule has 1 fully saturated rings. The van der Waals surface area contributed by atoms with Gasteiger partial charge in [0.05, 0.1) is 11.5 Å². The lowest BCUT2D eigenvalue weighted by molar-refractivity contribution is -0.112. The molecule has 0 radical (unpaired) electrons. The number of rotatable bonds is 1. The monoisotopic (exact) mass is 188 g/mol. The maximum atomic E-state index is 11.1. The van der Waals surface area contributed by atoms with E-state index in [1.165, 1.54) is 13.0 Å². The fourth-order valence-corrected chi connectivity index (χ4v) is 2.87. The van der Waals surface area contributed by atoms with Gasteiger partial charge in [-0.25, -0.2) is 8.42 Å². The molecule has 0 unspecified atom stereocenters. The van der Waals surface area contributed by atoms with Gasteiger partial charge in [0.15, 0.2) is 15.6 Å². The van der Waals surface area contributed by atoms with E-state index in [9.17, 15) is 13.2 Å². The average Bonchev–Trinajstić information content (AvgIpc) is 1.82. The van der Waals surface area contributed by atoms with Crippen LogP contribution in [0, 0.1) is 0 Å². The zero-order valence-corrected chi connectivity index (χ0v) is 7.86. The van der Waals surface area contributed by atoms with Crippen LogP contribution in [0.5, 0.6) is 0 Å². The highest BCUT2D eigenvalue weighted by atomic mass is 32.2. The molecule has 4 heteroatoms. The molecule has 1 rings (SSSR count). The summed E-state index contributed by atoms with van der Waals surface area (Å²) in [4.78, 5) is 10.7. The van der Waals surface area contributed by atoms with Gasteiger partial charge < -0.3 is 0 Å². The van der Waals surface area contributed by atoms with Crippen molar-refractivity contribution in [2.75, 3.05) is 11.5 Å². The van der Waals surface area contributed by atoms with Crippen LogP contribution in [0.25, 0.3) is 0 Å². The topological polar surface area (TPSA) is 51.2 Å². The van der Waals surface area contributed by atoms with Crippen molar-refractivity contribution in [1.29, 1.82) is 0 Å². The van der Waals surface area contributed by atoms with Crippen molar-refractivity contribution in [3.05, 3.63) is 11.6 Å². The summed E-state index contributed by atoms with van der Waals surface area (Å²) in [6.45, 7) is 1.44. The lowest BCUT2D eigenvalue weighted by Gasteiger charge is -2.13.